The van der Waals surface area contributed by atoms with Crippen molar-refractivity contribution in [3.05, 3.63) is 44.8 Å². The maximum atomic E-state index is 12.6. The molecule has 0 aromatic carbocycles. The van der Waals surface area contributed by atoms with Crippen molar-refractivity contribution < 1.29 is 8.42 Å². The Bertz CT molecular complexity index is 718. The number of hydrogen-bond donors (Lipinski definition) is 0. The molecule has 0 saturated carbocycles. The van der Waals surface area contributed by atoms with Gasteiger partial charge in [0.15, 0.2) is 0 Å². The molecule has 2 aromatic rings. The molecular formula is C13H14Cl2N2O2S2. The van der Waals surface area contributed by atoms with E-state index in [0.29, 0.717) is 6.42 Å². The van der Waals surface area contributed by atoms with Crippen molar-refractivity contribution in [3.63, 3.8) is 0 Å². The van der Waals surface area contributed by atoms with Gasteiger partial charge in [-0.1, -0.05) is 29.3 Å². The van der Waals surface area contributed by atoms with Crippen LogP contribution in [0.25, 0.3) is 0 Å². The molecule has 1 atom stereocenters. The van der Waals surface area contributed by atoms with E-state index >= 15 is 0 Å². The van der Waals surface area contributed by atoms with Gasteiger partial charge in [-0.2, -0.15) is 4.31 Å². The van der Waals surface area contributed by atoms with E-state index in [1.165, 1.54) is 16.6 Å². The average molecular weight is 365 g/mol. The van der Waals surface area contributed by atoms with Gasteiger partial charge in [-0.3, -0.25) is 0 Å². The molecule has 114 valence electrons. The summed E-state index contributed by atoms with van der Waals surface area (Å²) in [7, 11) is -2.10. The first kappa shape index (κ1) is 16.7. The van der Waals surface area contributed by atoms with Crippen LogP contribution in [0.5, 0.6) is 0 Å². The van der Waals surface area contributed by atoms with E-state index in [4.69, 9.17) is 23.2 Å². The maximum Gasteiger partial charge on any atom is 0.244 e. The molecule has 0 saturated heterocycles. The van der Waals surface area contributed by atoms with Crippen LogP contribution in [0.3, 0.4) is 0 Å². The first-order valence-electron chi connectivity index (χ1n) is 6.14. The van der Waals surface area contributed by atoms with Crippen LogP contribution in [0.2, 0.25) is 10.2 Å². The Balaban J connectivity index is 2.23. The highest BCUT2D eigenvalue weighted by atomic mass is 35.5. The quantitative estimate of drug-likeness (QED) is 0.759. The first-order valence-corrected chi connectivity index (χ1v) is 9.21. The number of halogens is 2. The van der Waals surface area contributed by atoms with Crippen molar-refractivity contribution in [1.29, 1.82) is 0 Å². The Morgan fingerprint density at radius 2 is 2.14 bits per heavy atom. The van der Waals surface area contributed by atoms with Gasteiger partial charge in [0.25, 0.3) is 0 Å². The second-order valence-electron chi connectivity index (χ2n) is 4.60. The number of sulfonamides is 1. The Morgan fingerprint density at radius 1 is 1.43 bits per heavy atom. The fourth-order valence-electron chi connectivity index (χ4n) is 1.80. The zero-order valence-corrected chi connectivity index (χ0v) is 14.6. The van der Waals surface area contributed by atoms with Gasteiger partial charge >= 0.3 is 0 Å². The Labute approximate surface area is 138 Å². The molecular weight excluding hydrogens is 351 g/mol. The van der Waals surface area contributed by atoms with Crippen molar-refractivity contribution in [2.75, 3.05) is 7.05 Å². The molecule has 0 amide bonds. The monoisotopic (exact) mass is 364 g/mol. The lowest BCUT2D eigenvalue weighted by molar-refractivity contribution is 0.388. The van der Waals surface area contributed by atoms with E-state index < -0.39 is 10.0 Å². The van der Waals surface area contributed by atoms with Gasteiger partial charge in [0.1, 0.15) is 10.0 Å². The van der Waals surface area contributed by atoms with Gasteiger partial charge in [0.05, 0.1) is 5.02 Å². The summed E-state index contributed by atoms with van der Waals surface area (Å²) in [5.74, 6) is 0. The Kier molecular flexibility index (Phi) is 5.27. The second-order valence-corrected chi connectivity index (χ2v) is 8.39. The summed E-state index contributed by atoms with van der Waals surface area (Å²) in [4.78, 5) is 4.97. The van der Waals surface area contributed by atoms with Crippen LogP contribution >= 0.6 is 34.5 Å². The summed E-state index contributed by atoms with van der Waals surface area (Å²) < 4.78 is 26.4. The lowest BCUT2D eigenvalue weighted by Crippen LogP contribution is -2.36. The molecule has 2 aromatic heterocycles. The van der Waals surface area contributed by atoms with E-state index in [1.807, 2.05) is 24.4 Å². The number of pyridine rings is 1. The zero-order chi connectivity index (χ0) is 15.6. The number of hydrogen-bond acceptors (Lipinski definition) is 4. The van der Waals surface area contributed by atoms with Gasteiger partial charge in [0, 0.05) is 24.2 Å². The molecule has 0 aliphatic heterocycles. The predicted octanol–water partition coefficient (Wildman–Crippen LogP) is 3.70. The number of thiophene rings is 1. The fraction of sp³-hybridized carbons (Fsp3) is 0.308. The van der Waals surface area contributed by atoms with E-state index in [1.54, 1.807) is 18.4 Å². The molecule has 2 heterocycles. The molecule has 0 fully saturated rings. The lowest BCUT2D eigenvalue weighted by atomic mass is 10.2. The smallest absolute Gasteiger partial charge is 0.242 e. The molecule has 8 heteroatoms. The Hall–Kier alpha value is -0.660. The SMILES string of the molecule is CC(Cc1cccs1)N(C)S(=O)(=O)c1cnc(Cl)c(Cl)c1. The van der Waals surface area contributed by atoms with Crippen LogP contribution in [-0.2, 0) is 16.4 Å². The van der Waals surface area contributed by atoms with Crippen LogP contribution in [-0.4, -0.2) is 30.8 Å². The van der Waals surface area contributed by atoms with Gasteiger partial charge in [-0.15, -0.1) is 11.3 Å². The first-order chi connectivity index (χ1) is 9.82. The third-order valence-electron chi connectivity index (χ3n) is 3.15. The fourth-order valence-corrected chi connectivity index (χ4v) is 4.29. The molecule has 4 nitrogen and oxygen atoms in total. The molecule has 0 radical (unpaired) electrons. The van der Waals surface area contributed by atoms with Crippen molar-refractivity contribution in [1.82, 2.24) is 9.29 Å². The molecule has 0 aliphatic rings. The van der Waals surface area contributed by atoms with Gasteiger partial charge in [-0.05, 0) is 30.9 Å². The average Bonchev–Trinajstić information content (AvgIpc) is 2.93. The number of likely N-dealkylation sites (N-methyl/N-ethyl adjacent to an activating group) is 1. The molecule has 0 N–H and O–H groups in total. The molecule has 0 aliphatic carbocycles. The standard InChI is InChI=1S/C13H14Cl2N2O2S2/c1-9(6-10-4-3-5-20-10)17(2)21(18,19)11-7-12(14)13(15)16-8-11/h3-5,7-9H,6H2,1-2H3. The van der Waals surface area contributed by atoms with Gasteiger partial charge < -0.3 is 0 Å². The van der Waals surface area contributed by atoms with Crippen LogP contribution in [0.4, 0.5) is 0 Å². The van der Waals surface area contributed by atoms with Crippen LogP contribution in [0.15, 0.2) is 34.7 Å². The van der Waals surface area contributed by atoms with E-state index in [0.717, 1.165) is 4.88 Å². The topological polar surface area (TPSA) is 50.3 Å². The number of nitrogens with zero attached hydrogens (tertiary/aromatic N) is 2. The van der Waals surface area contributed by atoms with E-state index in [9.17, 15) is 8.42 Å². The summed E-state index contributed by atoms with van der Waals surface area (Å²) in [6.07, 6.45) is 1.88. The highest BCUT2D eigenvalue weighted by Gasteiger charge is 2.26. The normalized spacial score (nSPS) is 13.6. The van der Waals surface area contributed by atoms with Crippen LogP contribution in [0.1, 0.15) is 11.8 Å². The minimum atomic E-state index is -3.65. The second kappa shape index (κ2) is 6.62. The predicted molar refractivity (Wildman–Crippen MR) is 86.7 cm³/mol. The zero-order valence-electron chi connectivity index (χ0n) is 11.5. The third-order valence-corrected chi connectivity index (χ3v) is 6.67. The van der Waals surface area contributed by atoms with E-state index in [-0.39, 0.29) is 21.1 Å². The summed E-state index contributed by atoms with van der Waals surface area (Å²) >= 11 is 13.2. The summed E-state index contributed by atoms with van der Waals surface area (Å²) in [5.41, 5.74) is 0. The maximum absolute atomic E-state index is 12.6. The van der Waals surface area contributed by atoms with E-state index in [2.05, 4.69) is 4.98 Å². The molecule has 1 unspecified atom stereocenters. The van der Waals surface area contributed by atoms with Crippen molar-refractivity contribution >= 4 is 44.6 Å². The molecule has 0 bridgehead atoms. The highest BCUT2D eigenvalue weighted by molar-refractivity contribution is 7.89. The summed E-state index contributed by atoms with van der Waals surface area (Å²) in [5, 5.41) is 2.18. The number of aromatic nitrogens is 1. The minimum Gasteiger partial charge on any atom is -0.242 e. The highest BCUT2D eigenvalue weighted by Crippen LogP contribution is 2.25. The molecule has 21 heavy (non-hydrogen) atoms. The summed E-state index contributed by atoms with van der Waals surface area (Å²) in [6.45, 7) is 1.86. The third kappa shape index (κ3) is 3.76. The van der Waals surface area contributed by atoms with Gasteiger partial charge in [-0.25, -0.2) is 13.4 Å². The largest absolute Gasteiger partial charge is 0.244 e. The Morgan fingerprint density at radius 3 is 2.71 bits per heavy atom. The lowest BCUT2D eigenvalue weighted by Gasteiger charge is -2.24. The van der Waals surface area contributed by atoms with Crippen LogP contribution in [0, 0.1) is 0 Å². The van der Waals surface area contributed by atoms with Crippen molar-refractivity contribution in [3.8, 4) is 0 Å². The molecule has 0 spiro atoms. The van der Waals surface area contributed by atoms with Crippen molar-refractivity contribution in [2.45, 2.75) is 24.3 Å². The molecule has 2 rings (SSSR count). The minimum absolute atomic E-state index is 0.0393. The van der Waals surface area contributed by atoms with Crippen LogP contribution < -0.4 is 0 Å². The van der Waals surface area contributed by atoms with Gasteiger partial charge in [0.2, 0.25) is 10.0 Å². The number of rotatable bonds is 5. The van der Waals surface area contributed by atoms with Crippen molar-refractivity contribution in [2.24, 2.45) is 0 Å². The summed E-state index contributed by atoms with van der Waals surface area (Å²) in [6, 6.07) is 5.08.